The largest absolute Gasteiger partial charge is 0.453 e. The maximum absolute atomic E-state index is 12.7. The first kappa shape index (κ1) is 22.4. The first-order valence-electron chi connectivity index (χ1n) is 9.90. The van der Waals surface area contributed by atoms with Crippen LogP contribution >= 0.6 is 0 Å². The number of azide groups is 1. The van der Waals surface area contributed by atoms with Crippen molar-refractivity contribution in [3.63, 3.8) is 0 Å². The van der Waals surface area contributed by atoms with E-state index in [0.29, 0.717) is 16.9 Å². The fraction of sp³-hybridized carbons (Fsp3) is 0.368. The van der Waals surface area contributed by atoms with Crippen LogP contribution in [0.15, 0.2) is 42.0 Å². The van der Waals surface area contributed by atoms with Gasteiger partial charge in [-0.15, -0.1) is 0 Å². The van der Waals surface area contributed by atoms with Gasteiger partial charge in [-0.1, -0.05) is 29.4 Å². The number of hydrogen-bond donors (Lipinski definition) is 4. The van der Waals surface area contributed by atoms with E-state index in [1.165, 1.54) is 17.2 Å². The molecule has 0 saturated carbocycles. The number of carbonyl (C=O) groups excluding carboxylic acids is 1. The van der Waals surface area contributed by atoms with Crippen LogP contribution < -0.4 is 11.5 Å². The maximum atomic E-state index is 12.7. The predicted molar refractivity (Wildman–Crippen MR) is 114 cm³/mol. The molecule has 1 aliphatic heterocycles. The molecule has 1 fully saturated rings. The summed E-state index contributed by atoms with van der Waals surface area (Å²) in [6, 6.07) is 5.50. The highest BCUT2D eigenvalue weighted by Crippen LogP contribution is 2.34. The molecule has 1 saturated heterocycles. The summed E-state index contributed by atoms with van der Waals surface area (Å²) in [7, 11) is 0. The third-order valence-corrected chi connectivity index (χ3v) is 5.26. The molecule has 0 aliphatic carbocycles. The van der Waals surface area contributed by atoms with E-state index in [4.69, 9.17) is 26.5 Å². The summed E-state index contributed by atoms with van der Waals surface area (Å²) >= 11 is 0. The number of fused-ring (bicyclic) bond motifs is 1. The molecule has 1 unspecified atom stereocenters. The number of aliphatic hydroxyl groups excluding tert-OH is 2. The van der Waals surface area contributed by atoms with Crippen LogP contribution in [0, 0.1) is 0 Å². The highest BCUT2D eigenvalue weighted by Gasteiger charge is 2.48. The lowest BCUT2D eigenvalue weighted by Gasteiger charge is -2.23. The molecule has 172 valence electrons. The number of rotatable bonds is 7. The molecule has 1 aromatic carbocycles. The van der Waals surface area contributed by atoms with Crippen LogP contribution in [0.5, 0.6) is 0 Å². The summed E-state index contributed by atoms with van der Waals surface area (Å²) in [5, 5.41) is 23.7. The molecule has 14 heteroatoms. The van der Waals surface area contributed by atoms with E-state index in [-0.39, 0.29) is 12.2 Å². The number of nitrogens with zero attached hydrogens (tertiary/aromatic N) is 7. The second-order valence-corrected chi connectivity index (χ2v) is 7.39. The van der Waals surface area contributed by atoms with Crippen LogP contribution in [-0.4, -0.2) is 66.7 Å². The molecular formula is C19H21N9O5. The Morgan fingerprint density at radius 2 is 2.09 bits per heavy atom. The molecule has 4 rings (SSSR count). The third kappa shape index (κ3) is 4.41. The van der Waals surface area contributed by atoms with Gasteiger partial charge in [0.25, 0.3) is 0 Å². The van der Waals surface area contributed by atoms with Crippen LogP contribution in [0.1, 0.15) is 11.8 Å². The van der Waals surface area contributed by atoms with Gasteiger partial charge in [0.05, 0.1) is 12.9 Å². The third-order valence-electron chi connectivity index (χ3n) is 5.26. The molecular weight excluding hydrogens is 434 g/mol. The summed E-state index contributed by atoms with van der Waals surface area (Å²) in [6.45, 7) is -0.501. The zero-order chi connectivity index (χ0) is 23.5. The molecule has 0 radical (unpaired) electrons. The Labute approximate surface area is 186 Å². The van der Waals surface area contributed by atoms with Gasteiger partial charge in [0.1, 0.15) is 30.1 Å². The van der Waals surface area contributed by atoms with Crippen molar-refractivity contribution in [3.8, 4) is 0 Å². The molecule has 14 nitrogen and oxygen atoms in total. The van der Waals surface area contributed by atoms with Gasteiger partial charge in [0.15, 0.2) is 23.8 Å². The second-order valence-electron chi connectivity index (χ2n) is 7.39. The van der Waals surface area contributed by atoms with Crippen molar-refractivity contribution >= 4 is 28.6 Å². The van der Waals surface area contributed by atoms with Crippen molar-refractivity contribution in [1.82, 2.24) is 19.5 Å². The zero-order valence-electron chi connectivity index (χ0n) is 17.2. The van der Waals surface area contributed by atoms with E-state index >= 15 is 0 Å². The quantitative estimate of drug-likeness (QED) is 0.162. The SMILES string of the molecule is [N-]=[N+]=Nc1ccc(CC(N)C(=O)O[C@@H]2[C@H](O)[C@@H](CO)O[C@H]2n2cnc3c(N)ncnc32)cc1. The van der Waals surface area contributed by atoms with Crippen LogP contribution in [0.25, 0.3) is 21.6 Å². The molecule has 6 N–H and O–H groups in total. The van der Waals surface area contributed by atoms with E-state index in [1.807, 2.05) is 0 Å². The number of benzene rings is 1. The second kappa shape index (κ2) is 9.36. The Morgan fingerprint density at radius 3 is 2.79 bits per heavy atom. The van der Waals surface area contributed by atoms with Crippen LogP contribution in [-0.2, 0) is 20.7 Å². The number of ether oxygens (including phenoxy) is 2. The smallest absolute Gasteiger partial charge is 0.323 e. The van der Waals surface area contributed by atoms with Crippen molar-refractivity contribution in [2.75, 3.05) is 12.3 Å². The van der Waals surface area contributed by atoms with Gasteiger partial charge in [-0.05, 0) is 17.5 Å². The van der Waals surface area contributed by atoms with Gasteiger partial charge in [-0.3, -0.25) is 9.36 Å². The standard InChI is InChI=1S/C19H21N9O5/c20-11(5-9-1-3-10(4-2-9)26-27-22)19(31)33-15-14(30)12(6-29)32-18(15)28-8-25-13-16(21)23-7-24-17(13)28/h1-4,7-8,11-12,14-15,18,29-30H,5-6,20H2,(H2,21,23,24)/t11?,12-,14-,15-,18-/m1/s1. The number of aromatic nitrogens is 4. The minimum absolute atomic E-state index is 0.144. The summed E-state index contributed by atoms with van der Waals surface area (Å²) in [4.78, 5) is 27.6. The number of aliphatic hydroxyl groups is 2. The molecule has 0 spiro atoms. The van der Waals surface area contributed by atoms with Crippen molar-refractivity contribution in [2.45, 2.75) is 37.0 Å². The number of anilines is 1. The van der Waals surface area contributed by atoms with Gasteiger partial charge in [0, 0.05) is 10.6 Å². The molecule has 33 heavy (non-hydrogen) atoms. The molecule has 1 aliphatic rings. The van der Waals surface area contributed by atoms with E-state index in [0.717, 1.165) is 5.56 Å². The molecule has 0 amide bonds. The van der Waals surface area contributed by atoms with Gasteiger partial charge >= 0.3 is 5.97 Å². The van der Waals surface area contributed by atoms with Gasteiger partial charge in [0.2, 0.25) is 0 Å². The maximum Gasteiger partial charge on any atom is 0.323 e. The summed E-state index contributed by atoms with van der Waals surface area (Å²) in [5.41, 5.74) is 22.1. The van der Waals surface area contributed by atoms with Crippen molar-refractivity contribution in [3.05, 3.63) is 52.9 Å². The van der Waals surface area contributed by atoms with E-state index in [9.17, 15) is 15.0 Å². The number of imidazole rings is 1. The molecule has 0 bridgehead atoms. The Balaban J connectivity index is 1.52. The Hall–Kier alpha value is -3.81. The first-order chi connectivity index (χ1) is 15.9. The van der Waals surface area contributed by atoms with Gasteiger partial charge in [-0.25, -0.2) is 15.0 Å². The lowest BCUT2D eigenvalue weighted by atomic mass is 10.1. The van der Waals surface area contributed by atoms with Crippen molar-refractivity contribution < 1.29 is 24.5 Å². The predicted octanol–water partition coefficient (Wildman–Crippen LogP) is 0.0827. The number of hydrogen-bond acceptors (Lipinski definition) is 11. The number of nitrogens with two attached hydrogens (primary N) is 2. The number of carbonyl (C=O) groups is 1. The van der Waals surface area contributed by atoms with Crippen molar-refractivity contribution in [1.29, 1.82) is 0 Å². The average molecular weight is 455 g/mol. The topological polar surface area (TPSA) is 220 Å². The van der Waals surface area contributed by atoms with Crippen LogP contribution in [0.4, 0.5) is 11.5 Å². The fourth-order valence-corrected chi connectivity index (χ4v) is 3.59. The van der Waals surface area contributed by atoms with E-state index in [2.05, 4.69) is 25.0 Å². The average Bonchev–Trinajstić information content (AvgIpc) is 3.37. The van der Waals surface area contributed by atoms with E-state index < -0.39 is 43.2 Å². The first-order valence-corrected chi connectivity index (χ1v) is 9.90. The highest BCUT2D eigenvalue weighted by molar-refractivity contribution is 5.81. The minimum Gasteiger partial charge on any atom is -0.453 e. The van der Waals surface area contributed by atoms with E-state index in [1.54, 1.807) is 24.3 Å². The summed E-state index contributed by atoms with van der Waals surface area (Å²) in [6.07, 6.45) is -1.79. The Bertz CT molecular complexity index is 1190. The molecule has 2 aromatic heterocycles. The summed E-state index contributed by atoms with van der Waals surface area (Å²) < 4.78 is 12.7. The lowest BCUT2D eigenvalue weighted by Crippen LogP contribution is -2.42. The Morgan fingerprint density at radius 1 is 1.33 bits per heavy atom. The molecule has 3 aromatic rings. The van der Waals surface area contributed by atoms with Gasteiger partial charge < -0.3 is 31.2 Å². The van der Waals surface area contributed by atoms with Gasteiger partial charge in [-0.2, -0.15) is 0 Å². The van der Waals surface area contributed by atoms with Crippen LogP contribution in [0.2, 0.25) is 0 Å². The monoisotopic (exact) mass is 455 g/mol. The minimum atomic E-state index is -1.32. The van der Waals surface area contributed by atoms with Crippen LogP contribution in [0.3, 0.4) is 0 Å². The molecule has 3 heterocycles. The van der Waals surface area contributed by atoms with Crippen molar-refractivity contribution in [2.24, 2.45) is 10.8 Å². The number of nitrogen functional groups attached to an aromatic ring is 1. The zero-order valence-corrected chi connectivity index (χ0v) is 17.2. The summed E-state index contributed by atoms with van der Waals surface area (Å²) in [5.74, 6) is -0.623. The lowest BCUT2D eigenvalue weighted by molar-refractivity contribution is -0.160. The normalized spacial score (nSPS) is 23.2. The number of esters is 1. The Kier molecular flexibility index (Phi) is 6.35. The highest BCUT2D eigenvalue weighted by atomic mass is 16.6. The fourth-order valence-electron chi connectivity index (χ4n) is 3.59. The molecule has 5 atom stereocenters.